The Labute approximate surface area is 239 Å². The van der Waals surface area contributed by atoms with Gasteiger partial charge < -0.3 is 19.5 Å². The predicted octanol–water partition coefficient (Wildman–Crippen LogP) is 5.89. The number of rotatable bonds is 13. The first kappa shape index (κ1) is 34.2. The summed E-state index contributed by atoms with van der Waals surface area (Å²) in [7, 11) is 0. The van der Waals surface area contributed by atoms with Crippen LogP contribution in [-0.4, -0.2) is 80.5 Å². The van der Waals surface area contributed by atoms with Gasteiger partial charge in [0.25, 0.3) is 0 Å². The van der Waals surface area contributed by atoms with Crippen molar-refractivity contribution in [3.63, 3.8) is 0 Å². The summed E-state index contributed by atoms with van der Waals surface area (Å²) in [5.41, 5.74) is 0. The van der Waals surface area contributed by atoms with Crippen molar-refractivity contribution in [1.82, 2.24) is 15.2 Å². The van der Waals surface area contributed by atoms with E-state index in [4.69, 9.17) is 25.8 Å². The summed E-state index contributed by atoms with van der Waals surface area (Å²) in [6.07, 6.45) is 7.49. The lowest BCUT2D eigenvalue weighted by Gasteiger charge is -2.27. The zero-order chi connectivity index (χ0) is 26.7. The molecule has 1 saturated carbocycles. The lowest BCUT2D eigenvalue weighted by molar-refractivity contribution is 0.0358. The van der Waals surface area contributed by atoms with Crippen molar-refractivity contribution in [2.24, 2.45) is 11.2 Å². The van der Waals surface area contributed by atoms with Crippen molar-refractivity contribution < 1.29 is 19.0 Å². The van der Waals surface area contributed by atoms with Crippen LogP contribution in [0.25, 0.3) is 0 Å². The zero-order valence-electron chi connectivity index (χ0n) is 22.9. The molecule has 1 aliphatic carbocycles. The highest BCUT2D eigenvalue weighted by Crippen LogP contribution is 2.23. The molecule has 9 nitrogen and oxygen atoms in total. The molecule has 2 amide bonds. The Hall–Kier alpha value is -1.81. The number of carbonyl (C=O) groups excluding carboxylic acids is 1. The van der Waals surface area contributed by atoms with Gasteiger partial charge in [-0.25, -0.2) is 4.79 Å². The number of benzene rings is 1. The summed E-state index contributed by atoms with van der Waals surface area (Å²) >= 11 is 5.46. The lowest BCUT2D eigenvalue weighted by atomic mass is 9.87. The van der Waals surface area contributed by atoms with Gasteiger partial charge >= 0.3 is 6.03 Å². The number of nitroso groups, excluding NO2 is 1. The molecule has 1 saturated heterocycles. The molecule has 2 aliphatic rings. The molecule has 1 heterocycles. The average molecular weight is 578 g/mol. The number of hydrogen-bond acceptors (Lipinski definition) is 7. The maximum atomic E-state index is 11.6. The Morgan fingerprint density at radius 3 is 2.18 bits per heavy atom. The minimum absolute atomic E-state index is 0. The number of halogens is 2. The monoisotopic (exact) mass is 576 g/mol. The smallest absolute Gasteiger partial charge is 0.340 e. The number of carbonyl (C=O) groups is 1. The van der Waals surface area contributed by atoms with Crippen molar-refractivity contribution in [1.29, 1.82) is 0 Å². The van der Waals surface area contributed by atoms with Crippen molar-refractivity contribution in [3.05, 3.63) is 29.2 Å². The average Bonchev–Trinajstić information content (AvgIpc) is 2.93. The van der Waals surface area contributed by atoms with E-state index < -0.39 is 6.03 Å². The van der Waals surface area contributed by atoms with Gasteiger partial charge in [0.05, 0.1) is 38.3 Å². The van der Waals surface area contributed by atoms with E-state index >= 15 is 0 Å². The molecule has 38 heavy (non-hydrogen) atoms. The number of morpholine rings is 1. The Bertz CT molecular complexity index is 745. The maximum absolute atomic E-state index is 11.6. The van der Waals surface area contributed by atoms with E-state index in [2.05, 4.69) is 29.4 Å². The largest absolute Gasteiger partial charge is 0.494 e. The van der Waals surface area contributed by atoms with Gasteiger partial charge in [-0.1, -0.05) is 20.3 Å². The highest BCUT2D eigenvalue weighted by Gasteiger charge is 2.22. The van der Waals surface area contributed by atoms with Crippen LogP contribution < -0.4 is 14.8 Å². The minimum atomic E-state index is -0.435. The first-order chi connectivity index (χ1) is 18.0. The molecule has 1 aromatic carbocycles. The van der Waals surface area contributed by atoms with Crippen LogP contribution in [0.1, 0.15) is 58.8 Å². The van der Waals surface area contributed by atoms with E-state index in [1.807, 2.05) is 24.3 Å². The highest BCUT2D eigenvalue weighted by molar-refractivity contribution is 6.18. The van der Waals surface area contributed by atoms with Gasteiger partial charge in [-0.15, -0.1) is 28.9 Å². The maximum Gasteiger partial charge on any atom is 0.340 e. The molecular formula is C27H46Cl2N4O5. The molecule has 1 N–H and O–H groups in total. The molecule has 0 unspecified atom stereocenters. The van der Waals surface area contributed by atoms with Gasteiger partial charge in [-0.2, -0.15) is 5.01 Å². The Balaban J connectivity index is 0.000000384. The summed E-state index contributed by atoms with van der Waals surface area (Å²) in [5.74, 6) is 2.78. The molecule has 0 aromatic heterocycles. The van der Waals surface area contributed by atoms with Crippen LogP contribution in [0.5, 0.6) is 11.5 Å². The van der Waals surface area contributed by atoms with Gasteiger partial charge in [0.15, 0.2) is 0 Å². The Morgan fingerprint density at radius 2 is 1.66 bits per heavy atom. The van der Waals surface area contributed by atoms with Gasteiger partial charge in [-0.3, -0.25) is 4.90 Å². The molecule has 218 valence electrons. The fraction of sp³-hybridized carbons (Fsp3) is 0.741. The second-order valence-electron chi connectivity index (χ2n) is 9.63. The third kappa shape index (κ3) is 14.4. The highest BCUT2D eigenvalue weighted by atomic mass is 35.5. The van der Waals surface area contributed by atoms with Crippen LogP contribution in [-0.2, 0) is 4.74 Å². The number of nitrogens with zero attached hydrogens (tertiary/aromatic N) is 3. The quantitative estimate of drug-likeness (QED) is 0.136. The van der Waals surface area contributed by atoms with Crippen molar-refractivity contribution in [2.75, 3.05) is 58.5 Å². The molecule has 1 aliphatic heterocycles. The predicted molar refractivity (Wildman–Crippen MR) is 155 cm³/mol. The Kier molecular flexibility index (Phi) is 19.0. The second-order valence-corrected chi connectivity index (χ2v) is 10.0. The van der Waals surface area contributed by atoms with Crippen LogP contribution in [0.4, 0.5) is 4.79 Å². The van der Waals surface area contributed by atoms with Crippen molar-refractivity contribution in [2.45, 2.75) is 64.8 Å². The fourth-order valence-corrected chi connectivity index (χ4v) is 4.34. The zero-order valence-corrected chi connectivity index (χ0v) is 24.5. The van der Waals surface area contributed by atoms with Crippen LogP contribution in [0, 0.1) is 10.8 Å². The number of hydrogen-bond donors (Lipinski definition) is 1. The summed E-state index contributed by atoms with van der Waals surface area (Å²) in [4.78, 5) is 24.4. The normalized spacial score (nSPS) is 19.2. The lowest BCUT2D eigenvalue weighted by Crippen LogP contribution is -2.44. The number of amides is 2. The minimum Gasteiger partial charge on any atom is -0.494 e. The summed E-state index contributed by atoms with van der Waals surface area (Å²) < 4.78 is 16.7. The standard InChI is InChI=1S/C17H27NO3.C10H18ClN3O2.ClH/c1-2-3-12-20-16-5-7-17(8-6-16)21-13-4-9-18-10-14-19-15-11-18;1-8-2-4-9(5-3-8)12-10(15)14(13-16)7-6-11;/h5-8H,2-4,9-15H2,1H3;8-9H,2-7H2,1H3,(H,12,15);1H. The molecule has 0 atom stereocenters. The van der Waals surface area contributed by atoms with E-state index in [0.717, 1.165) is 113 Å². The second kappa shape index (κ2) is 21.1. The molecule has 0 spiro atoms. The van der Waals surface area contributed by atoms with Crippen LogP contribution in [0.15, 0.2) is 29.6 Å². The fourth-order valence-electron chi connectivity index (χ4n) is 4.18. The van der Waals surface area contributed by atoms with Crippen LogP contribution in [0.2, 0.25) is 0 Å². The number of alkyl halides is 1. The van der Waals surface area contributed by atoms with Gasteiger partial charge in [0.2, 0.25) is 0 Å². The molecule has 1 aromatic rings. The number of nitrogens with one attached hydrogen (secondary N) is 1. The summed E-state index contributed by atoms with van der Waals surface area (Å²) in [5, 5.41) is 6.29. The Morgan fingerprint density at radius 1 is 1.08 bits per heavy atom. The van der Waals surface area contributed by atoms with E-state index in [9.17, 15) is 9.70 Å². The van der Waals surface area contributed by atoms with E-state index in [1.54, 1.807) is 0 Å². The topological polar surface area (TPSA) is 92.7 Å². The molecule has 11 heteroatoms. The van der Waals surface area contributed by atoms with E-state index in [1.165, 1.54) is 0 Å². The van der Waals surface area contributed by atoms with Crippen molar-refractivity contribution in [3.8, 4) is 11.5 Å². The van der Waals surface area contributed by atoms with E-state index in [-0.39, 0.29) is 30.9 Å². The summed E-state index contributed by atoms with van der Waals surface area (Å²) in [6.45, 7) is 11.0. The molecule has 3 rings (SSSR count). The van der Waals surface area contributed by atoms with Crippen LogP contribution in [0.3, 0.4) is 0 Å². The first-order valence-corrected chi connectivity index (χ1v) is 14.2. The molecule has 2 fully saturated rings. The number of unbranched alkanes of at least 4 members (excludes halogenated alkanes) is 1. The van der Waals surface area contributed by atoms with Gasteiger partial charge in [-0.05, 0) is 68.7 Å². The number of urea groups is 1. The number of ether oxygens (including phenoxy) is 3. The van der Waals surface area contributed by atoms with E-state index in [0.29, 0.717) is 0 Å². The SMILES string of the molecule is CC1CCC(NC(=O)N(CCCl)N=O)CC1.CCCCOc1ccc(OCCCN2CCOCC2)cc1.Cl. The summed E-state index contributed by atoms with van der Waals surface area (Å²) in [6, 6.07) is 7.66. The van der Waals surface area contributed by atoms with Gasteiger partial charge in [0, 0.05) is 31.6 Å². The third-order valence-electron chi connectivity index (χ3n) is 6.55. The van der Waals surface area contributed by atoms with Crippen molar-refractivity contribution >= 4 is 30.0 Å². The molecule has 0 radical (unpaired) electrons. The van der Waals surface area contributed by atoms with Crippen LogP contribution >= 0.6 is 24.0 Å². The molecular weight excluding hydrogens is 531 g/mol. The van der Waals surface area contributed by atoms with Gasteiger partial charge in [0.1, 0.15) is 11.5 Å². The first-order valence-electron chi connectivity index (χ1n) is 13.7. The molecule has 0 bridgehead atoms. The third-order valence-corrected chi connectivity index (χ3v) is 6.72.